The van der Waals surface area contributed by atoms with Crippen LogP contribution >= 0.6 is 7.14 Å². The van der Waals surface area contributed by atoms with Crippen LogP contribution in [-0.4, -0.2) is 5.52 Å². The average molecular weight is 342 g/mol. The van der Waals surface area contributed by atoms with E-state index >= 15 is 0 Å². The molecule has 0 aliphatic carbocycles. The lowest BCUT2D eigenvalue weighted by atomic mass is 9.84. The molecule has 1 unspecified atom stereocenters. The lowest BCUT2D eigenvalue weighted by Gasteiger charge is -2.31. The van der Waals surface area contributed by atoms with Crippen molar-refractivity contribution in [1.29, 1.82) is 0 Å². The predicted octanol–water partition coefficient (Wildman–Crippen LogP) is 5.13. The van der Waals surface area contributed by atoms with Gasteiger partial charge in [-0.2, -0.15) is 0 Å². The van der Waals surface area contributed by atoms with Crippen LogP contribution in [-0.2, 0) is 9.36 Å². The lowest BCUT2D eigenvalue weighted by Crippen LogP contribution is -2.34. The van der Waals surface area contributed by atoms with Gasteiger partial charge >= 0.3 is 0 Å². The maximum atomic E-state index is 14.1. The third-order valence-corrected chi connectivity index (χ3v) is 8.07. The van der Waals surface area contributed by atoms with Gasteiger partial charge in [0.15, 0.2) is 0 Å². The summed E-state index contributed by atoms with van der Waals surface area (Å²) in [6.45, 7) is 6.12. The number of rotatable bonds is 8. The van der Waals surface area contributed by atoms with E-state index in [0.29, 0.717) is 17.0 Å². The fraction of sp³-hybridized carbons (Fsp3) is 0.381. The van der Waals surface area contributed by atoms with Crippen LogP contribution in [0.15, 0.2) is 60.7 Å². The van der Waals surface area contributed by atoms with Gasteiger partial charge < -0.3 is 4.57 Å². The Kier molecular flexibility index (Phi) is 6.18. The number of carbonyl (C=O) groups excluding carboxylic acids is 1. The van der Waals surface area contributed by atoms with Crippen LogP contribution in [0.3, 0.4) is 0 Å². The van der Waals surface area contributed by atoms with Gasteiger partial charge in [-0.15, -0.1) is 0 Å². The number of benzene rings is 2. The zero-order chi connectivity index (χ0) is 17.6. The van der Waals surface area contributed by atoms with Gasteiger partial charge in [-0.1, -0.05) is 94.3 Å². The quantitative estimate of drug-likeness (QED) is 0.623. The van der Waals surface area contributed by atoms with Gasteiger partial charge in [-0.3, -0.25) is 4.79 Å². The van der Waals surface area contributed by atoms with Gasteiger partial charge in [0.25, 0.3) is 0 Å². The van der Waals surface area contributed by atoms with Crippen LogP contribution < -0.4 is 10.6 Å². The Bertz CT molecular complexity index is 666. The summed E-state index contributed by atoms with van der Waals surface area (Å²) in [6.07, 6.45) is 3.49. The van der Waals surface area contributed by atoms with Gasteiger partial charge in [0.2, 0.25) is 12.7 Å². The first-order valence-corrected chi connectivity index (χ1v) is 10.5. The van der Waals surface area contributed by atoms with Gasteiger partial charge in [0.1, 0.15) is 0 Å². The van der Waals surface area contributed by atoms with Crippen molar-refractivity contribution in [3.63, 3.8) is 0 Å². The van der Waals surface area contributed by atoms with Gasteiger partial charge in [0.05, 0.1) is 0 Å². The first kappa shape index (κ1) is 18.7. The summed E-state index contributed by atoms with van der Waals surface area (Å²) < 4.78 is 14.1. The summed E-state index contributed by atoms with van der Waals surface area (Å²) in [7, 11) is -3.33. The molecule has 0 fully saturated rings. The zero-order valence-corrected chi connectivity index (χ0v) is 15.8. The molecule has 0 aliphatic heterocycles. The molecule has 2 aromatic carbocycles. The zero-order valence-electron chi connectivity index (χ0n) is 14.9. The fourth-order valence-corrected chi connectivity index (χ4v) is 6.02. The molecule has 0 aromatic heterocycles. The van der Waals surface area contributed by atoms with Crippen molar-refractivity contribution in [3.8, 4) is 0 Å². The summed E-state index contributed by atoms with van der Waals surface area (Å²) in [5, 5.41) is 1.27. The molecule has 3 heteroatoms. The highest BCUT2D eigenvalue weighted by atomic mass is 31.2. The van der Waals surface area contributed by atoms with E-state index in [1.165, 1.54) is 0 Å². The summed E-state index contributed by atoms with van der Waals surface area (Å²) in [5.41, 5.74) is -0.666. The Labute approximate surface area is 145 Å². The molecule has 0 bridgehead atoms. The third-order valence-electron chi connectivity index (χ3n) is 4.90. The van der Waals surface area contributed by atoms with E-state index < -0.39 is 12.6 Å². The minimum absolute atomic E-state index is 0.108. The molecule has 0 radical (unpaired) electrons. The van der Waals surface area contributed by atoms with Gasteiger partial charge in [0, 0.05) is 16.0 Å². The molecule has 2 nitrogen and oxygen atoms in total. The molecule has 0 aliphatic rings. The second kappa shape index (κ2) is 7.94. The van der Waals surface area contributed by atoms with E-state index in [-0.39, 0.29) is 5.52 Å². The van der Waals surface area contributed by atoms with E-state index in [4.69, 9.17) is 0 Å². The minimum Gasteiger partial charge on any atom is -0.306 e. The highest BCUT2D eigenvalue weighted by molar-refractivity contribution is 7.93. The molecule has 0 saturated carbocycles. The molecule has 24 heavy (non-hydrogen) atoms. The highest BCUT2D eigenvalue weighted by Crippen LogP contribution is 2.52. The minimum atomic E-state index is -3.33. The molecule has 0 saturated heterocycles. The normalized spacial score (nSPS) is 14.1. The molecule has 2 rings (SSSR count). The molecule has 0 amide bonds. The van der Waals surface area contributed by atoms with Crippen LogP contribution in [0.5, 0.6) is 0 Å². The standard InChI is InChI=1S/C21H27O2P/c1-4-6-17-21(3,5-2)20(22)24(23,18-13-9-7-10-14-18)19-15-11-8-12-16-19/h7-16H,4-6,17H2,1-3H3. The average Bonchev–Trinajstić information content (AvgIpc) is 2.66. The Morgan fingerprint density at radius 3 is 1.75 bits per heavy atom. The largest absolute Gasteiger partial charge is 0.306 e. The molecule has 0 spiro atoms. The number of hydrogen-bond donors (Lipinski definition) is 0. The van der Waals surface area contributed by atoms with Crippen molar-refractivity contribution < 1.29 is 9.36 Å². The molecule has 2 aromatic rings. The molecule has 0 N–H and O–H groups in total. The maximum absolute atomic E-state index is 14.1. The van der Waals surface area contributed by atoms with Crippen molar-refractivity contribution in [1.82, 2.24) is 0 Å². The first-order chi connectivity index (χ1) is 11.5. The van der Waals surface area contributed by atoms with Crippen molar-refractivity contribution in [2.75, 3.05) is 0 Å². The first-order valence-electron chi connectivity index (χ1n) is 8.75. The topological polar surface area (TPSA) is 34.1 Å². The van der Waals surface area contributed by atoms with Crippen LogP contribution in [0, 0.1) is 5.41 Å². The molecular formula is C21H27O2P. The van der Waals surface area contributed by atoms with E-state index in [0.717, 1.165) is 19.3 Å². The summed E-state index contributed by atoms with van der Waals surface area (Å²) in [5.74, 6) is 0. The second-order valence-electron chi connectivity index (χ2n) is 6.60. The molecule has 0 heterocycles. The SMILES string of the molecule is CCCCC(C)(CC)C(=O)P(=O)(c1ccccc1)c1ccccc1. The van der Waals surface area contributed by atoms with Crippen LogP contribution in [0.1, 0.15) is 46.5 Å². The Hall–Kier alpha value is -1.66. The Morgan fingerprint density at radius 2 is 1.38 bits per heavy atom. The fourth-order valence-electron chi connectivity index (χ4n) is 3.04. The second-order valence-corrected chi connectivity index (χ2v) is 9.26. The summed E-state index contributed by atoms with van der Waals surface area (Å²) in [4.78, 5) is 13.6. The van der Waals surface area contributed by atoms with Crippen molar-refractivity contribution >= 4 is 23.3 Å². The van der Waals surface area contributed by atoms with Crippen LogP contribution in [0.25, 0.3) is 0 Å². The summed E-state index contributed by atoms with van der Waals surface area (Å²) >= 11 is 0. The van der Waals surface area contributed by atoms with Crippen molar-refractivity contribution in [2.24, 2.45) is 5.41 Å². The number of unbranched alkanes of at least 4 members (excludes halogenated alkanes) is 1. The van der Waals surface area contributed by atoms with E-state index in [1.807, 2.05) is 74.5 Å². The molecular weight excluding hydrogens is 315 g/mol. The molecule has 128 valence electrons. The summed E-state index contributed by atoms with van der Waals surface area (Å²) in [6, 6.07) is 18.5. The Balaban J connectivity index is 2.59. The van der Waals surface area contributed by atoms with E-state index in [9.17, 15) is 9.36 Å². The van der Waals surface area contributed by atoms with E-state index in [1.54, 1.807) is 0 Å². The van der Waals surface area contributed by atoms with Crippen LogP contribution in [0.4, 0.5) is 0 Å². The highest BCUT2D eigenvalue weighted by Gasteiger charge is 2.45. The van der Waals surface area contributed by atoms with Crippen molar-refractivity contribution in [2.45, 2.75) is 46.5 Å². The monoisotopic (exact) mass is 342 g/mol. The molecule has 1 atom stereocenters. The van der Waals surface area contributed by atoms with Crippen molar-refractivity contribution in [3.05, 3.63) is 60.7 Å². The number of hydrogen-bond acceptors (Lipinski definition) is 2. The maximum Gasteiger partial charge on any atom is 0.206 e. The van der Waals surface area contributed by atoms with Gasteiger partial charge in [-0.25, -0.2) is 0 Å². The smallest absolute Gasteiger partial charge is 0.206 e. The third kappa shape index (κ3) is 3.54. The van der Waals surface area contributed by atoms with Gasteiger partial charge in [-0.05, 0) is 12.8 Å². The predicted molar refractivity (Wildman–Crippen MR) is 103 cm³/mol. The Morgan fingerprint density at radius 1 is 0.917 bits per heavy atom. The van der Waals surface area contributed by atoms with E-state index in [2.05, 4.69) is 6.92 Å². The lowest BCUT2D eigenvalue weighted by molar-refractivity contribution is -0.120. The van der Waals surface area contributed by atoms with Crippen LogP contribution in [0.2, 0.25) is 0 Å². The number of carbonyl (C=O) groups is 1.